The van der Waals surface area contributed by atoms with Gasteiger partial charge >= 0.3 is 0 Å². The van der Waals surface area contributed by atoms with Crippen molar-refractivity contribution in [3.05, 3.63) is 35.5 Å². The zero-order chi connectivity index (χ0) is 20.8. The smallest absolute Gasteiger partial charge is 0.229 e. The summed E-state index contributed by atoms with van der Waals surface area (Å²) < 4.78 is 0. The Morgan fingerprint density at radius 2 is 2.17 bits per heavy atom. The Morgan fingerprint density at radius 3 is 2.90 bits per heavy atom. The van der Waals surface area contributed by atoms with E-state index in [1.54, 1.807) is 25.1 Å². The molecule has 1 aromatic carbocycles. The number of nitrogens with zero attached hydrogens (tertiary/aromatic N) is 4. The van der Waals surface area contributed by atoms with Crippen molar-refractivity contribution in [3.8, 4) is 6.07 Å². The Labute approximate surface area is 171 Å². The number of carbonyl (C=O) groups excluding carboxylic acids is 1. The third-order valence-corrected chi connectivity index (χ3v) is 4.81. The SMILES string of the molecule is CCCCc1cc(N2CC[C@H](NC(C)=O)C2)nc(Nc2cc(N)cc(C#N)c2)n1. The molecule has 0 aliphatic carbocycles. The number of nitrogen functional groups attached to an aromatic ring is 1. The van der Waals surface area contributed by atoms with E-state index in [1.165, 1.54) is 0 Å². The van der Waals surface area contributed by atoms with Crippen LogP contribution in [0.4, 0.5) is 23.1 Å². The molecule has 2 heterocycles. The average molecular weight is 393 g/mol. The molecular formula is C21H27N7O. The van der Waals surface area contributed by atoms with Gasteiger partial charge in [0.1, 0.15) is 5.82 Å². The van der Waals surface area contributed by atoms with Crippen LogP contribution in [-0.2, 0) is 11.2 Å². The molecule has 1 aliphatic heterocycles. The fourth-order valence-corrected chi connectivity index (χ4v) is 3.48. The number of aryl methyl sites for hydroxylation is 1. The molecule has 8 nitrogen and oxygen atoms in total. The Hall–Kier alpha value is -3.34. The molecule has 4 N–H and O–H groups in total. The Bertz CT molecular complexity index is 922. The highest BCUT2D eigenvalue weighted by molar-refractivity contribution is 5.73. The highest BCUT2D eigenvalue weighted by atomic mass is 16.1. The molecule has 3 rings (SSSR count). The highest BCUT2D eigenvalue weighted by Gasteiger charge is 2.24. The van der Waals surface area contributed by atoms with Crippen LogP contribution >= 0.6 is 0 Å². The predicted octanol–water partition coefficient (Wildman–Crippen LogP) is 2.73. The van der Waals surface area contributed by atoms with Crippen LogP contribution in [0.15, 0.2) is 24.3 Å². The van der Waals surface area contributed by atoms with Crippen molar-refractivity contribution < 1.29 is 4.79 Å². The van der Waals surface area contributed by atoms with Gasteiger partial charge in [0, 0.05) is 49.2 Å². The molecule has 0 spiro atoms. The molecule has 1 atom stereocenters. The number of aromatic nitrogens is 2. The highest BCUT2D eigenvalue weighted by Crippen LogP contribution is 2.24. The number of unbranched alkanes of at least 4 members (excludes halogenated alkanes) is 1. The van der Waals surface area contributed by atoms with Crippen LogP contribution in [0, 0.1) is 11.3 Å². The van der Waals surface area contributed by atoms with Crippen LogP contribution in [0.2, 0.25) is 0 Å². The summed E-state index contributed by atoms with van der Waals surface area (Å²) >= 11 is 0. The topological polar surface area (TPSA) is 120 Å². The van der Waals surface area contributed by atoms with Crippen LogP contribution in [0.25, 0.3) is 0 Å². The van der Waals surface area contributed by atoms with E-state index >= 15 is 0 Å². The molecule has 0 saturated carbocycles. The first-order chi connectivity index (χ1) is 14.0. The minimum atomic E-state index is -0.0134. The van der Waals surface area contributed by atoms with E-state index in [9.17, 15) is 4.79 Å². The summed E-state index contributed by atoms with van der Waals surface area (Å²) in [5.41, 5.74) is 8.52. The van der Waals surface area contributed by atoms with Crippen molar-refractivity contribution in [1.82, 2.24) is 15.3 Å². The number of amides is 1. The van der Waals surface area contributed by atoms with Gasteiger partial charge in [-0.3, -0.25) is 4.79 Å². The Balaban J connectivity index is 1.85. The number of nitrogens with one attached hydrogen (secondary N) is 2. The van der Waals surface area contributed by atoms with E-state index in [2.05, 4.69) is 38.5 Å². The summed E-state index contributed by atoms with van der Waals surface area (Å²) in [5, 5.41) is 15.3. The molecule has 29 heavy (non-hydrogen) atoms. The van der Waals surface area contributed by atoms with Gasteiger partial charge in [-0.15, -0.1) is 0 Å². The summed E-state index contributed by atoms with van der Waals surface area (Å²) in [7, 11) is 0. The summed E-state index contributed by atoms with van der Waals surface area (Å²) in [6, 6.07) is 9.37. The zero-order valence-electron chi connectivity index (χ0n) is 16.9. The van der Waals surface area contributed by atoms with Gasteiger partial charge in [0.25, 0.3) is 0 Å². The van der Waals surface area contributed by atoms with E-state index in [0.717, 1.165) is 50.3 Å². The second kappa shape index (κ2) is 9.24. The molecule has 1 saturated heterocycles. The van der Waals surface area contributed by atoms with E-state index in [0.29, 0.717) is 22.9 Å². The third kappa shape index (κ3) is 5.57. The molecule has 2 aromatic rings. The van der Waals surface area contributed by atoms with Crippen molar-refractivity contribution in [3.63, 3.8) is 0 Å². The summed E-state index contributed by atoms with van der Waals surface area (Å²) in [4.78, 5) is 22.9. The lowest BCUT2D eigenvalue weighted by atomic mass is 10.2. The van der Waals surface area contributed by atoms with Crippen molar-refractivity contribution >= 4 is 29.0 Å². The number of benzene rings is 1. The lowest BCUT2D eigenvalue weighted by molar-refractivity contribution is -0.119. The number of hydrogen-bond donors (Lipinski definition) is 3. The van der Waals surface area contributed by atoms with Crippen molar-refractivity contribution in [1.29, 1.82) is 5.26 Å². The predicted molar refractivity (Wildman–Crippen MR) is 114 cm³/mol. The normalized spacial score (nSPS) is 15.8. The first kappa shape index (κ1) is 20.4. The van der Waals surface area contributed by atoms with Gasteiger partial charge in [0.15, 0.2) is 0 Å². The van der Waals surface area contributed by atoms with Gasteiger partial charge in [-0.1, -0.05) is 13.3 Å². The van der Waals surface area contributed by atoms with Crippen LogP contribution in [0.5, 0.6) is 0 Å². The number of anilines is 4. The lowest BCUT2D eigenvalue weighted by Gasteiger charge is -2.19. The van der Waals surface area contributed by atoms with Crippen molar-refractivity contribution in [2.24, 2.45) is 0 Å². The quantitative estimate of drug-likeness (QED) is 0.619. The number of rotatable bonds is 7. The van der Waals surface area contributed by atoms with E-state index in [4.69, 9.17) is 11.0 Å². The maximum atomic E-state index is 11.4. The third-order valence-electron chi connectivity index (χ3n) is 4.81. The Morgan fingerprint density at radius 1 is 1.34 bits per heavy atom. The molecule has 0 bridgehead atoms. The van der Waals surface area contributed by atoms with Crippen molar-refractivity contribution in [2.45, 2.75) is 45.6 Å². The largest absolute Gasteiger partial charge is 0.399 e. The monoisotopic (exact) mass is 393 g/mol. The molecule has 1 amide bonds. The molecule has 8 heteroatoms. The van der Waals surface area contributed by atoms with Crippen LogP contribution in [0.3, 0.4) is 0 Å². The second-order valence-electron chi connectivity index (χ2n) is 7.36. The van der Waals surface area contributed by atoms with E-state index in [1.807, 2.05) is 6.07 Å². The standard InChI is InChI=1S/C21H27N7O/c1-3-4-5-17-11-20(28-7-6-18(13-28)24-14(2)29)27-21(25-17)26-19-9-15(12-22)8-16(23)10-19/h8-11,18H,3-7,13,23H2,1-2H3,(H,24,29)(H,25,26,27)/t18-/m0/s1. The van der Waals surface area contributed by atoms with Crippen LogP contribution in [0.1, 0.15) is 44.4 Å². The van der Waals surface area contributed by atoms with E-state index in [-0.39, 0.29) is 11.9 Å². The maximum absolute atomic E-state index is 11.4. The van der Waals surface area contributed by atoms with Gasteiger partial charge in [-0.25, -0.2) is 4.98 Å². The van der Waals surface area contributed by atoms with Gasteiger partial charge in [0.05, 0.1) is 11.6 Å². The molecule has 1 aromatic heterocycles. The molecule has 1 aliphatic rings. The number of nitrogens with two attached hydrogens (primary N) is 1. The van der Waals surface area contributed by atoms with Crippen molar-refractivity contribution in [2.75, 3.05) is 29.0 Å². The maximum Gasteiger partial charge on any atom is 0.229 e. The van der Waals surface area contributed by atoms with Crippen LogP contribution in [-0.4, -0.2) is 35.0 Å². The molecular weight excluding hydrogens is 366 g/mol. The van der Waals surface area contributed by atoms with Gasteiger partial charge in [0.2, 0.25) is 11.9 Å². The summed E-state index contributed by atoms with van der Waals surface area (Å²) in [6.45, 7) is 5.24. The fraction of sp³-hybridized carbons (Fsp3) is 0.429. The Kier molecular flexibility index (Phi) is 6.50. The van der Waals surface area contributed by atoms with Crippen LogP contribution < -0.4 is 21.3 Å². The zero-order valence-corrected chi connectivity index (χ0v) is 16.9. The number of hydrogen-bond acceptors (Lipinski definition) is 7. The first-order valence-corrected chi connectivity index (χ1v) is 9.94. The van der Waals surface area contributed by atoms with Gasteiger partial charge in [-0.2, -0.15) is 10.2 Å². The molecule has 152 valence electrons. The second-order valence-corrected chi connectivity index (χ2v) is 7.36. The molecule has 0 unspecified atom stereocenters. The number of nitriles is 1. The first-order valence-electron chi connectivity index (χ1n) is 9.94. The fourth-order valence-electron chi connectivity index (χ4n) is 3.48. The summed E-state index contributed by atoms with van der Waals surface area (Å²) in [6.07, 6.45) is 3.87. The lowest BCUT2D eigenvalue weighted by Crippen LogP contribution is -2.35. The minimum Gasteiger partial charge on any atom is -0.399 e. The molecule has 1 fully saturated rings. The van der Waals surface area contributed by atoms with E-state index < -0.39 is 0 Å². The minimum absolute atomic E-state index is 0.0134. The van der Waals surface area contributed by atoms with Gasteiger partial charge in [-0.05, 0) is 37.5 Å². The summed E-state index contributed by atoms with van der Waals surface area (Å²) in [5.74, 6) is 1.30. The molecule has 0 radical (unpaired) electrons. The average Bonchev–Trinajstić information content (AvgIpc) is 3.13. The number of carbonyl (C=O) groups is 1. The van der Waals surface area contributed by atoms with Gasteiger partial charge < -0.3 is 21.3 Å².